The maximum Gasteiger partial charge on any atom is 0.276 e. The number of amides is 1. The molecule has 1 aliphatic carbocycles. The lowest BCUT2D eigenvalue weighted by Crippen LogP contribution is -2.32. The highest BCUT2D eigenvalue weighted by molar-refractivity contribution is 6.04. The first-order valence-electron chi connectivity index (χ1n) is 8.94. The standard InChI is InChI=1S/C19H22N4O2.ClH/c24-18-5-1-3-13-6-7-14(11-16(13)18)21-19(25)17-8-10-23(22-17)15-4-2-9-20-12-15;/h6-8,10-11,15,20H,1-5,9,12H2,(H,21,25);1H. The van der Waals surface area contributed by atoms with Crippen molar-refractivity contribution >= 4 is 29.8 Å². The van der Waals surface area contributed by atoms with Crippen LogP contribution < -0.4 is 10.6 Å². The van der Waals surface area contributed by atoms with Crippen molar-refractivity contribution in [3.63, 3.8) is 0 Å². The summed E-state index contributed by atoms with van der Waals surface area (Å²) in [4.78, 5) is 24.5. The molecule has 1 aliphatic heterocycles. The Labute approximate surface area is 158 Å². The molecule has 1 aromatic carbocycles. The zero-order valence-corrected chi connectivity index (χ0v) is 15.3. The molecule has 1 amide bonds. The van der Waals surface area contributed by atoms with Crippen molar-refractivity contribution in [1.29, 1.82) is 0 Å². The minimum atomic E-state index is -0.245. The topological polar surface area (TPSA) is 76.0 Å². The molecule has 4 rings (SSSR count). The second kappa shape index (κ2) is 8.01. The van der Waals surface area contributed by atoms with E-state index in [1.54, 1.807) is 12.1 Å². The molecule has 0 radical (unpaired) electrons. The van der Waals surface area contributed by atoms with Crippen LogP contribution in [0.4, 0.5) is 5.69 Å². The van der Waals surface area contributed by atoms with Crippen molar-refractivity contribution in [1.82, 2.24) is 15.1 Å². The number of piperidine rings is 1. The van der Waals surface area contributed by atoms with E-state index in [4.69, 9.17) is 0 Å². The van der Waals surface area contributed by atoms with E-state index < -0.39 is 0 Å². The normalized spacial score (nSPS) is 19.4. The summed E-state index contributed by atoms with van der Waals surface area (Å²) >= 11 is 0. The van der Waals surface area contributed by atoms with Crippen LogP contribution in [0.2, 0.25) is 0 Å². The summed E-state index contributed by atoms with van der Waals surface area (Å²) in [6, 6.07) is 7.63. The van der Waals surface area contributed by atoms with Gasteiger partial charge in [0.15, 0.2) is 11.5 Å². The summed E-state index contributed by atoms with van der Waals surface area (Å²) in [7, 11) is 0. The van der Waals surface area contributed by atoms with Gasteiger partial charge in [0.25, 0.3) is 5.91 Å². The molecule has 1 atom stereocenters. The van der Waals surface area contributed by atoms with Gasteiger partial charge in [0.1, 0.15) is 0 Å². The number of carbonyl (C=O) groups excluding carboxylic acids is 2. The average molecular weight is 375 g/mol. The van der Waals surface area contributed by atoms with Gasteiger partial charge in [0, 0.05) is 30.4 Å². The molecule has 1 unspecified atom stereocenters. The molecular weight excluding hydrogens is 352 g/mol. The fourth-order valence-corrected chi connectivity index (χ4v) is 3.62. The maximum absolute atomic E-state index is 12.5. The third-order valence-corrected chi connectivity index (χ3v) is 5.00. The van der Waals surface area contributed by atoms with E-state index in [-0.39, 0.29) is 24.1 Å². The van der Waals surface area contributed by atoms with Crippen molar-refractivity contribution in [3.8, 4) is 0 Å². The Hall–Kier alpha value is -2.18. The summed E-state index contributed by atoms with van der Waals surface area (Å²) in [6.07, 6.45) is 6.48. The SMILES string of the molecule is Cl.O=C(Nc1ccc2c(c1)C(=O)CCC2)c1ccn(C2CCCNC2)n1. The summed E-state index contributed by atoms with van der Waals surface area (Å²) in [5.41, 5.74) is 2.86. The molecule has 1 aromatic heterocycles. The lowest BCUT2D eigenvalue weighted by atomic mass is 9.90. The summed E-state index contributed by atoms with van der Waals surface area (Å²) < 4.78 is 1.87. The number of Topliss-reactive ketones (excluding diaryl/α,β-unsaturated/α-hetero) is 1. The molecule has 2 heterocycles. The zero-order valence-electron chi connectivity index (χ0n) is 14.5. The number of carbonyl (C=O) groups is 2. The average Bonchev–Trinajstić information content (AvgIpc) is 3.13. The Bertz CT molecular complexity index is 812. The van der Waals surface area contributed by atoms with E-state index in [0.29, 0.717) is 23.8 Å². The lowest BCUT2D eigenvalue weighted by Gasteiger charge is -2.22. The Morgan fingerprint density at radius 3 is 2.92 bits per heavy atom. The van der Waals surface area contributed by atoms with Crippen molar-refractivity contribution in [3.05, 3.63) is 47.3 Å². The van der Waals surface area contributed by atoms with Crippen molar-refractivity contribution in [2.24, 2.45) is 0 Å². The number of nitrogens with one attached hydrogen (secondary N) is 2. The van der Waals surface area contributed by atoms with Gasteiger partial charge in [-0.2, -0.15) is 5.10 Å². The van der Waals surface area contributed by atoms with Crippen LogP contribution in [-0.4, -0.2) is 34.6 Å². The first-order valence-corrected chi connectivity index (χ1v) is 8.94. The van der Waals surface area contributed by atoms with Crippen LogP contribution >= 0.6 is 12.4 Å². The highest BCUT2D eigenvalue weighted by atomic mass is 35.5. The van der Waals surface area contributed by atoms with Gasteiger partial charge in [-0.25, -0.2) is 0 Å². The molecule has 2 aromatic rings. The number of halogens is 1. The molecule has 0 spiro atoms. The second-order valence-corrected chi connectivity index (χ2v) is 6.78. The van der Waals surface area contributed by atoms with E-state index in [0.717, 1.165) is 49.9 Å². The fourth-order valence-electron chi connectivity index (χ4n) is 3.62. The van der Waals surface area contributed by atoms with E-state index in [1.165, 1.54) is 0 Å². The van der Waals surface area contributed by atoms with Crippen LogP contribution in [0.25, 0.3) is 0 Å². The van der Waals surface area contributed by atoms with Gasteiger partial charge in [-0.15, -0.1) is 12.4 Å². The number of aromatic nitrogens is 2. The third-order valence-electron chi connectivity index (χ3n) is 5.00. The van der Waals surface area contributed by atoms with Gasteiger partial charge in [0.05, 0.1) is 6.04 Å². The van der Waals surface area contributed by atoms with Crippen molar-refractivity contribution in [2.45, 2.75) is 38.1 Å². The van der Waals surface area contributed by atoms with Crippen LogP contribution in [0.1, 0.15) is 58.1 Å². The van der Waals surface area contributed by atoms with Crippen molar-refractivity contribution in [2.75, 3.05) is 18.4 Å². The predicted octanol–water partition coefficient (Wildman–Crippen LogP) is 3.00. The molecule has 0 saturated carbocycles. The second-order valence-electron chi connectivity index (χ2n) is 6.78. The Morgan fingerprint density at radius 2 is 2.12 bits per heavy atom. The summed E-state index contributed by atoms with van der Waals surface area (Å²) in [5, 5.41) is 10.6. The summed E-state index contributed by atoms with van der Waals surface area (Å²) in [6.45, 7) is 1.93. The van der Waals surface area contributed by atoms with Gasteiger partial charge in [0.2, 0.25) is 0 Å². The van der Waals surface area contributed by atoms with Crippen LogP contribution in [0.5, 0.6) is 0 Å². The van der Waals surface area contributed by atoms with Gasteiger partial charge >= 0.3 is 0 Å². The van der Waals surface area contributed by atoms with Crippen LogP contribution in [0, 0.1) is 0 Å². The van der Waals surface area contributed by atoms with Crippen LogP contribution in [0.3, 0.4) is 0 Å². The number of hydrogen-bond donors (Lipinski definition) is 2. The molecule has 7 heteroatoms. The number of fused-ring (bicyclic) bond motifs is 1. The van der Waals surface area contributed by atoms with Gasteiger partial charge in [-0.05, 0) is 56.0 Å². The molecule has 2 N–H and O–H groups in total. The lowest BCUT2D eigenvalue weighted by molar-refractivity contribution is 0.0970. The largest absolute Gasteiger partial charge is 0.321 e. The van der Waals surface area contributed by atoms with E-state index >= 15 is 0 Å². The quantitative estimate of drug-likeness (QED) is 0.865. The van der Waals surface area contributed by atoms with E-state index in [9.17, 15) is 9.59 Å². The molecular formula is C19H23ClN4O2. The Balaban J connectivity index is 0.00000196. The molecule has 2 aliphatic rings. The predicted molar refractivity (Wildman–Crippen MR) is 102 cm³/mol. The molecule has 1 fully saturated rings. The Morgan fingerprint density at radius 1 is 1.23 bits per heavy atom. The number of anilines is 1. The van der Waals surface area contributed by atoms with E-state index in [2.05, 4.69) is 15.7 Å². The number of nitrogens with zero attached hydrogens (tertiary/aromatic N) is 2. The number of ketones is 1. The number of hydrogen-bond acceptors (Lipinski definition) is 4. The number of aryl methyl sites for hydroxylation is 1. The molecule has 6 nitrogen and oxygen atoms in total. The molecule has 138 valence electrons. The summed E-state index contributed by atoms with van der Waals surface area (Å²) in [5.74, 6) is -0.0860. The molecule has 0 bridgehead atoms. The van der Waals surface area contributed by atoms with Crippen molar-refractivity contribution < 1.29 is 9.59 Å². The highest BCUT2D eigenvalue weighted by Crippen LogP contribution is 2.24. The van der Waals surface area contributed by atoms with Gasteiger partial charge < -0.3 is 10.6 Å². The monoisotopic (exact) mass is 374 g/mol. The molecule has 1 saturated heterocycles. The van der Waals surface area contributed by atoms with Crippen LogP contribution in [0.15, 0.2) is 30.5 Å². The number of rotatable bonds is 3. The highest BCUT2D eigenvalue weighted by Gasteiger charge is 2.20. The smallest absolute Gasteiger partial charge is 0.276 e. The third kappa shape index (κ3) is 3.81. The minimum Gasteiger partial charge on any atom is -0.321 e. The van der Waals surface area contributed by atoms with Crippen LogP contribution in [-0.2, 0) is 6.42 Å². The van der Waals surface area contributed by atoms with E-state index in [1.807, 2.05) is 23.0 Å². The zero-order chi connectivity index (χ0) is 17.2. The van der Waals surface area contributed by atoms with Gasteiger partial charge in [-0.1, -0.05) is 6.07 Å². The fraction of sp³-hybridized carbons (Fsp3) is 0.421. The Kier molecular flexibility index (Phi) is 5.74. The van der Waals surface area contributed by atoms with Gasteiger partial charge in [-0.3, -0.25) is 14.3 Å². The first-order chi connectivity index (χ1) is 12.2. The minimum absolute atomic E-state index is 0. The molecule has 26 heavy (non-hydrogen) atoms. The number of benzene rings is 1. The first kappa shape index (κ1) is 18.6. The maximum atomic E-state index is 12.5.